The summed E-state index contributed by atoms with van der Waals surface area (Å²) in [6, 6.07) is 27.2. The Morgan fingerprint density at radius 3 is 0.932 bits per heavy atom. The van der Waals surface area contributed by atoms with Crippen molar-refractivity contribution in [2.24, 2.45) is 4.99 Å². The van der Waals surface area contributed by atoms with Crippen molar-refractivity contribution >= 4 is 23.2 Å². The predicted octanol–water partition coefficient (Wildman–Crippen LogP) is 15.5. The van der Waals surface area contributed by atoms with E-state index in [1.807, 2.05) is 18.2 Å². The van der Waals surface area contributed by atoms with E-state index in [1.54, 1.807) is 12.1 Å². The molecule has 0 spiro atoms. The monoisotopic (exact) mass is 800 g/mol. The van der Waals surface area contributed by atoms with Gasteiger partial charge in [-0.3, -0.25) is 4.79 Å². The number of anilines is 1. The number of nitrogens with two attached hydrogens (primary N) is 1. The third-order valence-electron chi connectivity index (χ3n) is 10.7. The Labute approximate surface area is 360 Å². The minimum Gasteiger partial charge on any atom is -0.398 e. The van der Waals surface area contributed by atoms with Gasteiger partial charge < -0.3 is 5.73 Å². The number of Topliss-reactive ketones (excluding diaryl/α,β-unsaturated/α-hetero) is 1. The molecule has 4 aromatic carbocycles. The number of hydrogen-bond acceptors (Lipinski definition) is 5. The number of benzene rings is 4. The lowest BCUT2D eigenvalue weighted by atomic mass is 9.83. The lowest BCUT2D eigenvalue weighted by Gasteiger charge is -2.21. The van der Waals surface area contributed by atoms with Crippen LogP contribution in [-0.2, 0) is 22.4 Å². The number of nitrogens with zero attached hydrogens (tertiary/aromatic N) is 2. The van der Waals surface area contributed by atoms with E-state index < -0.39 is 0 Å². The first-order valence-electron chi connectivity index (χ1n) is 21.8. The average Bonchev–Trinajstić information content (AvgIpc) is 3.15. The van der Waals surface area contributed by atoms with Crippen molar-refractivity contribution in [2.75, 3.05) is 5.73 Å². The molecule has 0 aliphatic heterocycles. The van der Waals surface area contributed by atoms with Crippen molar-refractivity contribution in [3.05, 3.63) is 128 Å². The van der Waals surface area contributed by atoms with Crippen LogP contribution >= 0.6 is 0 Å². The second-order valence-corrected chi connectivity index (χ2v) is 18.0. The number of para-hydroxylation sites is 2. The molecule has 0 aliphatic rings. The van der Waals surface area contributed by atoms with Crippen LogP contribution in [0.2, 0.25) is 0 Å². The van der Waals surface area contributed by atoms with Gasteiger partial charge in [-0.15, -0.1) is 0 Å². The third-order valence-corrected chi connectivity index (χ3v) is 10.7. The van der Waals surface area contributed by atoms with E-state index in [0.29, 0.717) is 66.0 Å². The lowest BCUT2D eigenvalue weighted by Crippen LogP contribution is -2.15. The zero-order chi connectivity index (χ0) is 45.1. The Hall–Kier alpha value is -4.78. The number of carbonyl (C=O) groups is 1. The largest absolute Gasteiger partial charge is 0.398 e. The van der Waals surface area contributed by atoms with Crippen molar-refractivity contribution in [1.29, 1.82) is 5.26 Å². The van der Waals surface area contributed by atoms with Gasteiger partial charge in [-0.1, -0.05) is 184 Å². The molecule has 320 valence electrons. The fraction of sp³-hybridized carbons (Fsp3) is 0.500. The van der Waals surface area contributed by atoms with Crippen molar-refractivity contribution in [3.63, 3.8) is 0 Å². The fourth-order valence-electron chi connectivity index (χ4n) is 7.57. The van der Waals surface area contributed by atoms with E-state index in [1.165, 1.54) is 51.4 Å². The molecule has 59 heavy (non-hydrogen) atoms. The van der Waals surface area contributed by atoms with Gasteiger partial charge in [0.05, 0.1) is 11.8 Å². The van der Waals surface area contributed by atoms with E-state index >= 15 is 0 Å². The minimum absolute atomic E-state index is 0.324. The first kappa shape index (κ1) is 52.2. The average molecular weight is 800 g/mol. The number of nitrogen functional groups attached to an aromatic ring is 1. The molecular formula is C54H77N3O2. The zero-order valence-electron chi connectivity index (χ0n) is 39.7. The maximum Gasteiger partial charge on any atom is 0.240 e. The number of rotatable bonds is 13. The Morgan fingerprint density at radius 1 is 0.492 bits per heavy atom. The van der Waals surface area contributed by atoms with Crippen molar-refractivity contribution < 1.29 is 9.59 Å². The molecule has 2 N–H and O–H groups in total. The highest BCUT2D eigenvalue weighted by Gasteiger charge is 2.20. The molecule has 0 saturated heterocycles. The Balaban J connectivity index is 0.000000470. The van der Waals surface area contributed by atoms with Crippen LogP contribution in [-0.4, -0.2) is 11.9 Å². The summed E-state index contributed by atoms with van der Waals surface area (Å²) in [7, 11) is 0. The number of aliphatic imine (C=N–C) groups is 1. The van der Waals surface area contributed by atoms with E-state index in [4.69, 9.17) is 11.0 Å². The van der Waals surface area contributed by atoms with Gasteiger partial charge in [0.15, 0.2) is 0 Å². The maximum atomic E-state index is 13.3. The van der Waals surface area contributed by atoms with Crippen LogP contribution in [0.15, 0.2) is 77.8 Å². The van der Waals surface area contributed by atoms with Gasteiger partial charge in [-0.2, -0.15) is 10.3 Å². The smallest absolute Gasteiger partial charge is 0.240 e. The zero-order valence-corrected chi connectivity index (χ0v) is 39.7. The number of hydrogen-bond donors (Lipinski definition) is 1. The van der Waals surface area contributed by atoms with Crippen LogP contribution < -0.4 is 5.73 Å². The SMILES string of the molecule is CC#N.CC(C)c1cccc(C(C)C)c1CC(=O)Cc1c(C(C)C)cccc1C(C)C.CC(C)c1cccc(C(C)C)c1N.CC(C)c1cccc(C(C)C)c1N=C=O. The van der Waals surface area contributed by atoms with Gasteiger partial charge in [0.25, 0.3) is 0 Å². The summed E-state index contributed by atoms with van der Waals surface area (Å²) in [6.45, 7) is 36.3. The number of nitriles is 1. The molecule has 0 aromatic heterocycles. The second kappa shape index (κ2) is 25.6. The molecule has 5 nitrogen and oxygen atoms in total. The van der Waals surface area contributed by atoms with Gasteiger partial charge in [0.1, 0.15) is 5.78 Å². The quantitative estimate of drug-likeness (QED) is 0.0827. The molecule has 0 heterocycles. The van der Waals surface area contributed by atoms with E-state index in [0.717, 1.165) is 22.5 Å². The molecule has 0 unspecified atom stereocenters. The van der Waals surface area contributed by atoms with Crippen LogP contribution in [0.25, 0.3) is 0 Å². The summed E-state index contributed by atoms with van der Waals surface area (Å²) in [5.41, 5.74) is 20.4. The summed E-state index contributed by atoms with van der Waals surface area (Å²) in [5.74, 6) is 3.80. The number of isocyanates is 1. The normalized spacial score (nSPS) is 10.9. The lowest BCUT2D eigenvalue weighted by molar-refractivity contribution is -0.117. The summed E-state index contributed by atoms with van der Waals surface area (Å²) < 4.78 is 0. The van der Waals surface area contributed by atoms with Gasteiger partial charge in [-0.05, 0) is 103 Å². The molecule has 0 amide bonds. The Bertz CT molecular complexity index is 1830. The molecule has 4 rings (SSSR count). The van der Waals surface area contributed by atoms with Gasteiger partial charge in [0.2, 0.25) is 6.08 Å². The highest BCUT2D eigenvalue weighted by molar-refractivity contribution is 5.84. The standard InChI is InChI=1S/C27H38O.C13H17NO.C12H19N.C2H3N/c1-17(2)22-11-9-12-23(18(3)4)26(22)15-21(28)16-27-24(19(5)6)13-10-14-25(27)20(7)8;1-9(2)11-6-5-7-12(10(3)4)13(11)14-8-15;1-8(2)10-6-5-7-11(9(3)4)12(10)13;1-2-3/h9-14,17-20H,15-16H2,1-8H3;5-7,9-10H,1-4H3;5-9H,13H2,1-4H3;1H3. The second-order valence-electron chi connectivity index (χ2n) is 18.0. The van der Waals surface area contributed by atoms with Gasteiger partial charge in [0, 0.05) is 25.5 Å². The van der Waals surface area contributed by atoms with Crippen molar-refractivity contribution in [1.82, 2.24) is 0 Å². The fourth-order valence-corrected chi connectivity index (χ4v) is 7.57. The molecule has 0 bridgehead atoms. The van der Waals surface area contributed by atoms with Crippen LogP contribution in [0.3, 0.4) is 0 Å². The summed E-state index contributed by atoms with van der Waals surface area (Å²) in [4.78, 5) is 27.6. The summed E-state index contributed by atoms with van der Waals surface area (Å²) >= 11 is 0. The first-order valence-corrected chi connectivity index (χ1v) is 21.8. The highest BCUT2D eigenvalue weighted by atomic mass is 16.1. The van der Waals surface area contributed by atoms with E-state index in [2.05, 4.69) is 170 Å². The minimum atomic E-state index is 0.324. The van der Waals surface area contributed by atoms with Crippen LogP contribution in [0.1, 0.15) is 221 Å². The van der Waals surface area contributed by atoms with Crippen molar-refractivity contribution in [2.45, 2.75) is 178 Å². The molecule has 5 heteroatoms. The molecular weight excluding hydrogens is 723 g/mol. The Morgan fingerprint density at radius 2 is 0.712 bits per heavy atom. The Kier molecular flexibility index (Phi) is 22.7. The van der Waals surface area contributed by atoms with Crippen LogP contribution in [0, 0.1) is 11.3 Å². The number of carbonyl (C=O) groups excluding carboxylic acids is 2. The molecule has 0 radical (unpaired) electrons. The summed E-state index contributed by atoms with van der Waals surface area (Å²) in [5, 5.41) is 7.32. The van der Waals surface area contributed by atoms with E-state index in [-0.39, 0.29) is 0 Å². The third kappa shape index (κ3) is 15.7. The van der Waals surface area contributed by atoms with Crippen LogP contribution in [0.5, 0.6) is 0 Å². The molecule has 0 fully saturated rings. The molecule has 0 saturated carbocycles. The highest BCUT2D eigenvalue weighted by Crippen LogP contribution is 2.35. The van der Waals surface area contributed by atoms with Gasteiger partial charge in [-0.25, -0.2) is 4.79 Å². The van der Waals surface area contributed by atoms with Gasteiger partial charge >= 0.3 is 0 Å². The molecule has 0 atom stereocenters. The summed E-state index contributed by atoms with van der Waals surface area (Å²) in [6.07, 6.45) is 2.72. The van der Waals surface area contributed by atoms with E-state index in [9.17, 15) is 9.59 Å². The maximum absolute atomic E-state index is 13.3. The van der Waals surface area contributed by atoms with Crippen molar-refractivity contribution in [3.8, 4) is 6.07 Å². The predicted molar refractivity (Wildman–Crippen MR) is 254 cm³/mol. The molecule has 0 aliphatic carbocycles. The molecule has 4 aromatic rings. The number of ketones is 1. The topological polar surface area (TPSA) is 96.3 Å². The van der Waals surface area contributed by atoms with Crippen LogP contribution in [0.4, 0.5) is 11.4 Å². The first-order chi connectivity index (χ1) is 27.7.